The van der Waals surface area contributed by atoms with Crippen LogP contribution in [0.1, 0.15) is 24.1 Å². The maximum absolute atomic E-state index is 12.6. The van der Waals surface area contributed by atoms with E-state index in [0.29, 0.717) is 31.0 Å². The van der Waals surface area contributed by atoms with Crippen LogP contribution in [0.2, 0.25) is 5.02 Å². The molecule has 0 unspecified atom stereocenters. The molecule has 1 amide bonds. The predicted molar refractivity (Wildman–Crippen MR) is 110 cm³/mol. The van der Waals surface area contributed by atoms with Crippen LogP contribution in [-0.4, -0.2) is 51.3 Å². The molecular formula is C21H21ClN4O3. The van der Waals surface area contributed by atoms with Gasteiger partial charge in [-0.1, -0.05) is 11.6 Å². The number of pyridine rings is 2. The number of aryl methyl sites for hydroxylation is 1. The molecule has 3 aromatic rings. The Kier molecular flexibility index (Phi) is 4.53. The van der Waals surface area contributed by atoms with Crippen LogP contribution in [0.25, 0.3) is 22.2 Å². The number of hydrogen-bond acceptors (Lipinski definition) is 5. The van der Waals surface area contributed by atoms with Gasteiger partial charge in [-0.15, -0.1) is 0 Å². The first-order valence-electron chi connectivity index (χ1n) is 9.72. The standard InChI is InChI=1S/C21H21ClN4O3/c1-11-15(7-24-21-20(11)16(22)8-25-21)12-4-18-17(23-6-12)5-19(28)26(18)9-14-3-2-13(27)10-29-14/h4,6-8,13-14,27H,2-3,5,9-10H2,1H3,(H,24,25)/t13-,14-/m1/s1. The maximum atomic E-state index is 12.6. The highest BCUT2D eigenvalue weighted by molar-refractivity contribution is 6.35. The summed E-state index contributed by atoms with van der Waals surface area (Å²) in [4.78, 5) is 26.5. The summed E-state index contributed by atoms with van der Waals surface area (Å²) in [5.74, 6) is 0.0263. The molecule has 5 rings (SSSR count). The Balaban J connectivity index is 1.49. The van der Waals surface area contributed by atoms with E-state index in [4.69, 9.17) is 16.3 Å². The van der Waals surface area contributed by atoms with Crippen LogP contribution in [0.3, 0.4) is 0 Å². The van der Waals surface area contributed by atoms with Crippen LogP contribution < -0.4 is 4.90 Å². The molecule has 2 aliphatic heterocycles. The average molecular weight is 413 g/mol. The van der Waals surface area contributed by atoms with E-state index in [1.54, 1.807) is 23.5 Å². The Morgan fingerprint density at radius 3 is 3.00 bits per heavy atom. The second-order valence-electron chi connectivity index (χ2n) is 7.71. The number of nitrogens with one attached hydrogen (secondary N) is 1. The van der Waals surface area contributed by atoms with E-state index in [1.807, 2.05) is 13.0 Å². The predicted octanol–water partition coefficient (Wildman–Crippen LogP) is 3.02. The van der Waals surface area contributed by atoms with Crippen LogP contribution >= 0.6 is 11.6 Å². The Morgan fingerprint density at radius 1 is 1.34 bits per heavy atom. The summed E-state index contributed by atoms with van der Waals surface area (Å²) in [6.45, 7) is 2.81. The fraction of sp³-hybridized carbons (Fsp3) is 0.381. The fourth-order valence-corrected chi connectivity index (χ4v) is 4.50. The lowest BCUT2D eigenvalue weighted by Gasteiger charge is -2.29. The number of carbonyl (C=O) groups is 1. The molecule has 5 heterocycles. The minimum absolute atomic E-state index is 0.0263. The van der Waals surface area contributed by atoms with Gasteiger partial charge < -0.3 is 19.7 Å². The van der Waals surface area contributed by atoms with Crippen LogP contribution in [0.4, 0.5) is 5.69 Å². The maximum Gasteiger partial charge on any atom is 0.233 e. The van der Waals surface area contributed by atoms with E-state index in [2.05, 4.69) is 15.0 Å². The monoisotopic (exact) mass is 412 g/mol. The lowest BCUT2D eigenvalue weighted by Crippen LogP contribution is -2.40. The van der Waals surface area contributed by atoms with E-state index in [9.17, 15) is 9.90 Å². The lowest BCUT2D eigenvalue weighted by molar-refractivity contribution is -0.118. The molecule has 2 atom stereocenters. The number of fused-ring (bicyclic) bond motifs is 2. The third kappa shape index (κ3) is 3.19. The van der Waals surface area contributed by atoms with Gasteiger partial charge in [0.25, 0.3) is 0 Å². The Hall–Kier alpha value is -2.48. The molecule has 2 N–H and O–H groups in total. The Labute approximate surface area is 172 Å². The number of halogens is 1. The summed E-state index contributed by atoms with van der Waals surface area (Å²) in [6, 6.07) is 2.00. The highest BCUT2D eigenvalue weighted by Gasteiger charge is 2.32. The van der Waals surface area contributed by atoms with Crippen molar-refractivity contribution in [1.82, 2.24) is 15.0 Å². The zero-order valence-corrected chi connectivity index (χ0v) is 16.7. The average Bonchev–Trinajstić information content (AvgIpc) is 3.24. The van der Waals surface area contributed by atoms with E-state index in [1.165, 1.54) is 0 Å². The van der Waals surface area contributed by atoms with Crippen molar-refractivity contribution in [2.24, 2.45) is 0 Å². The first kappa shape index (κ1) is 18.5. The number of amides is 1. The Morgan fingerprint density at radius 2 is 2.21 bits per heavy atom. The summed E-state index contributed by atoms with van der Waals surface area (Å²) in [5, 5.41) is 11.2. The molecule has 150 valence electrons. The molecule has 1 fully saturated rings. The van der Waals surface area contributed by atoms with Gasteiger partial charge in [0.05, 0.1) is 48.2 Å². The first-order chi connectivity index (χ1) is 14.0. The molecule has 0 spiro atoms. The number of aromatic amines is 1. The number of rotatable bonds is 3. The zero-order chi connectivity index (χ0) is 20.1. The van der Waals surface area contributed by atoms with Gasteiger partial charge in [-0.05, 0) is 31.4 Å². The smallest absolute Gasteiger partial charge is 0.233 e. The number of aliphatic hydroxyl groups excluding tert-OH is 1. The van der Waals surface area contributed by atoms with Gasteiger partial charge in [0.2, 0.25) is 5.91 Å². The van der Waals surface area contributed by atoms with Crippen molar-refractivity contribution in [3.63, 3.8) is 0 Å². The summed E-state index contributed by atoms with van der Waals surface area (Å²) < 4.78 is 5.71. The second-order valence-corrected chi connectivity index (χ2v) is 8.12. The van der Waals surface area contributed by atoms with Crippen molar-refractivity contribution in [2.45, 2.75) is 38.4 Å². The van der Waals surface area contributed by atoms with Crippen molar-refractivity contribution in [3.8, 4) is 11.1 Å². The topological polar surface area (TPSA) is 91.3 Å². The van der Waals surface area contributed by atoms with Gasteiger partial charge in [0.1, 0.15) is 5.65 Å². The van der Waals surface area contributed by atoms with Crippen LogP contribution in [0.5, 0.6) is 0 Å². The number of anilines is 1. The fourth-order valence-electron chi connectivity index (χ4n) is 4.21. The number of hydrogen-bond donors (Lipinski definition) is 2. The molecule has 1 saturated heterocycles. The molecule has 8 heteroatoms. The summed E-state index contributed by atoms with van der Waals surface area (Å²) in [5.41, 5.74) is 5.20. The quantitative estimate of drug-likeness (QED) is 0.690. The van der Waals surface area contributed by atoms with Crippen molar-refractivity contribution < 1.29 is 14.6 Å². The third-order valence-corrected chi connectivity index (χ3v) is 6.11. The van der Waals surface area contributed by atoms with Gasteiger partial charge in [-0.3, -0.25) is 9.78 Å². The minimum Gasteiger partial charge on any atom is -0.391 e. The van der Waals surface area contributed by atoms with Crippen LogP contribution in [-0.2, 0) is 16.0 Å². The SMILES string of the molecule is Cc1c(-c2cnc3c(c2)N(C[C@H]2CC[C@@H](O)CO2)C(=O)C3)cnc2[nH]cc(Cl)c12. The van der Waals surface area contributed by atoms with E-state index >= 15 is 0 Å². The lowest BCUT2D eigenvalue weighted by atomic mass is 10.0. The van der Waals surface area contributed by atoms with Crippen LogP contribution in [0, 0.1) is 6.92 Å². The number of H-pyrrole nitrogens is 1. The largest absolute Gasteiger partial charge is 0.391 e. The summed E-state index contributed by atoms with van der Waals surface area (Å²) >= 11 is 6.32. The van der Waals surface area contributed by atoms with Crippen molar-refractivity contribution >= 4 is 34.2 Å². The molecule has 7 nitrogen and oxygen atoms in total. The number of carbonyl (C=O) groups excluding carboxylic acids is 1. The zero-order valence-electron chi connectivity index (χ0n) is 16.0. The highest BCUT2D eigenvalue weighted by atomic mass is 35.5. The van der Waals surface area contributed by atoms with Crippen molar-refractivity contribution in [2.75, 3.05) is 18.1 Å². The van der Waals surface area contributed by atoms with E-state index in [-0.39, 0.29) is 12.0 Å². The summed E-state index contributed by atoms with van der Waals surface area (Å²) in [7, 11) is 0. The molecule has 29 heavy (non-hydrogen) atoms. The molecular weight excluding hydrogens is 392 g/mol. The van der Waals surface area contributed by atoms with Crippen LogP contribution in [0.15, 0.2) is 24.7 Å². The molecule has 0 bridgehead atoms. The molecule has 0 radical (unpaired) electrons. The van der Waals surface area contributed by atoms with Crippen molar-refractivity contribution in [3.05, 3.63) is 40.9 Å². The van der Waals surface area contributed by atoms with Crippen molar-refractivity contribution in [1.29, 1.82) is 0 Å². The minimum atomic E-state index is -0.410. The first-order valence-corrected chi connectivity index (χ1v) is 10.1. The van der Waals surface area contributed by atoms with Gasteiger partial charge in [-0.2, -0.15) is 0 Å². The second kappa shape index (κ2) is 7.09. The summed E-state index contributed by atoms with van der Waals surface area (Å²) in [6.07, 6.45) is 6.57. The number of aliphatic hydroxyl groups is 1. The molecule has 0 aliphatic carbocycles. The third-order valence-electron chi connectivity index (χ3n) is 5.81. The number of ether oxygens (including phenoxy) is 1. The van der Waals surface area contributed by atoms with Gasteiger partial charge in [-0.25, -0.2) is 4.98 Å². The normalized spacial score (nSPS) is 21.8. The van der Waals surface area contributed by atoms with E-state index in [0.717, 1.165) is 45.5 Å². The molecule has 0 aromatic carbocycles. The van der Waals surface area contributed by atoms with Gasteiger partial charge in [0, 0.05) is 35.1 Å². The van der Waals surface area contributed by atoms with Gasteiger partial charge >= 0.3 is 0 Å². The highest BCUT2D eigenvalue weighted by Crippen LogP contribution is 2.36. The van der Waals surface area contributed by atoms with E-state index < -0.39 is 6.10 Å². The Bertz CT molecular complexity index is 1100. The molecule has 3 aromatic heterocycles. The number of aromatic nitrogens is 3. The molecule has 0 saturated carbocycles. The van der Waals surface area contributed by atoms with Gasteiger partial charge in [0.15, 0.2) is 0 Å². The molecule has 2 aliphatic rings. The number of nitrogens with zero attached hydrogens (tertiary/aromatic N) is 3.